The standard InChI is InChI=1S/C22H21NO3/c1-3-16-10-12-17(13-11-16)19-14-15-20(22(24)26-4-2)23(25)21(19)18-8-6-5-7-9-18/h5-15H,3-4H2,1-2H3. The molecule has 3 aromatic rings. The number of benzene rings is 2. The van der Waals surface area contributed by atoms with Gasteiger partial charge in [0, 0.05) is 11.6 Å². The number of carbonyl (C=O) groups excluding carboxylic acids is 1. The number of ether oxygens (including phenoxy) is 1. The van der Waals surface area contributed by atoms with Crippen molar-refractivity contribution in [2.75, 3.05) is 6.61 Å². The third kappa shape index (κ3) is 3.45. The van der Waals surface area contributed by atoms with Crippen LogP contribution >= 0.6 is 0 Å². The summed E-state index contributed by atoms with van der Waals surface area (Å²) in [6.45, 7) is 4.04. The molecule has 0 amide bonds. The van der Waals surface area contributed by atoms with Crippen LogP contribution in [0, 0.1) is 5.21 Å². The van der Waals surface area contributed by atoms with Gasteiger partial charge in [0.2, 0.25) is 5.69 Å². The first-order valence-electron chi connectivity index (χ1n) is 8.74. The number of aromatic nitrogens is 1. The second kappa shape index (κ2) is 7.83. The van der Waals surface area contributed by atoms with Gasteiger partial charge in [-0.1, -0.05) is 49.4 Å². The molecule has 4 heteroatoms. The number of esters is 1. The minimum Gasteiger partial charge on any atom is -0.618 e. The van der Waals surface area contributed by atoms with E-state index in [4.69, 9.17) is 4.74 Å². The van der Waals surface area contributed by atoms with Gasteiger partial charge in [0.05, 0.1) is 12.2 Å². The Kier molecular flexibility index (Phi) is 5.32. The normalized spacial score (nSPS) is 10.5. The highest BCUT2D eigenvalue weighted by Gasteiger charge is 2.25. The van der Waals surface area contributed by atoms with Crippen molar-refractivity contribution in [2.24, 2.45) is 0 Å². The first kappa shape index (κ1) is 17.7. The maximum atomic E-state index is 13.0. The molecule has 26 heavy (non-hydrogen) atoms. The SMILES string of the molecule is CCOC(=O)c1ccc(-c2ccc(CC)cc2)c(-c2ccccc2)[n+]1[O-]. The molecular formula is C22H21NO3. The summed E-state index contributed by atoms with van der Waals surface area (Å²) in [5.74, 6) is -0.618. The molecule has 4 nitrogen and oxygen atoms in total. The zero-order valence-electron chi connectivity index (χ0n) is 14.9. The summed E-state index contributed by atoms with van der Waals surface area (Å²) in [6, 6.07) is 20.8. The molecule has 3 rings (SSSR count). The number of hydrogen-bond donors (Lipinski definition) is 0. The number of hydrogen-bond acceptors (Lipinski definition) is 3. The highest BCUT2D eigenvalue weighted by atomic mass is 16.5. The van der Waals surface area contributed by atoms with Crippen LogP contribution in [0.5, 0.6) is 0 Å². The maximum absolute atomic E-state index is 13.0. The van der Waals surface area contributed by atoms with Crippen LogP contribution in [-0.2, 0) is 11.2 Å². The Morgan fingerprint density at radius 1 is 0.923 bits per heavy atom. The molecule has 1 heterocycles. The van der Waals surface area contributed by atoms with E-state index in [1.807, 2.05) is 48.5 Å². The predicted molar refractivity (Wildman–Crippen MR) is 102 cm³/mol. The van der Waals surface area contributed by atoms with Gasteiger partial charge in [0.1, 0.15) is 0 Å². The van der Waals surface area contributed by atoms with Gasteiger partial charge in [-0.05, 0) is 42.7 Å². The van der Waals surface area contributed by atoms with Crippen molar-refractivity contribution in [1.82, 2.24) is 0 Å². The van der Waals surface area contributed by atoms with Crippen LogP contribution in [0.15, 0.2) is 66.7 Å². The number of rotatable bonds is 5. The van der Waals surface area contributed by atoms with Gasteiger partial charge in [-0.15, -0.1) is 0 Å². The average Bonchev–Trinajstić information content (AvgIpc) is 2.68. The number of carbonyl (C=O) groups is 1. The van der Waals surface area contributed by atoms with Gasteiger partial charge >= 0.3 is 11.7 Å². The van der Waals surface area contributed by atoms with Crippen LogP contribution in [-0.4, -0.2) is 12.6 Å². The summed E-state index contributed by atoms with van der Waals surface area (Å²) < 4.78 is 5.69. The summed E-state index contributed by atoms with van der Waals surface area (Å²) >= 11 is 0. The molecule has 132 valence electrons. The van der Waals surface area contributed by atoms with E-state index in [1.165, 1.54) is 11.6 Å². The van der Waals surface area contributed by atoms with E-state index in [0.29, 0.717) is 10.4 Å². The summed E-state index contributed by atoms with van der Waals surface area (Å²) in [4.78, 5) is 12.1. The van der Waals surface area contributed by atoms with Crippen LogP contribution < -0.4 is 4.73 Å². The van der Waals surface area contributed by atoms with E-state index >= 15 is 0 Å². The quantitative estimate of drug-likeness (QED) is 0.391. The summed E-state index contributed by atoms with van der Waals surface area (Å²) in [6.07, 6.45) is 0.954. The number of pyridine rings is 1. The molecule has 0 spiro atoms. The third-order valence-corrected chi connectivity index (χ3v) is 4.29. The Morgan fingerprint density at radius 3 is 2.23 bits per heavy atom. The zero-order chi connectivity index (χ0) is 18.5. The summed E-state index contributed by atoms with van der Waals surface area (Å²) in [5, 5.41) is 13.0. The van der Waals surface area contributed by atoms with Crippen molar-refractivity contribution in [3.63, 3.8) is 0 Å². The minimum atomic E-state index is -0.618. The number of aryl methyl sites for hydroxylation is 1. The first-order valence-corrected chi connectivity index (χ1v) is 8.74. The van der Waals surface area contributed by atoms with Gasteiger partial charge in [-0.3, -0.25) is 0 Å². The van der Waals surface area contributed by atoms with Crippen LogP contribution in [0.1, 0.15) is 29.9 Å². The number of nitrogens with zero attached hydrogens (tertiary/aromatic N) is 1. The molecule has 0 bridgehead atoms. The minimum absolute atomic E-state index is 0.0142. The molecule has 0 radical (unpaired) electrons. The first-order chi connectivity index (χ1) is 12.7. The molecule has 0 unspecified atom stereocenters. The molecular weight excluding hydrogens is 326 g/mol. The van der Waals surface area contributed by atoms with Gasteiger partial charge in [-0.2, -0.15) is 4.73 Å². The fourth-order valence-electron chi connectivity index (χ4n) is 2.92. The van der Waals surface area contributed by atoms with Gasteiger partial charge in [-0.25, -0.2) is 4.79 Å². The van der Waals surface area contributed by atoms with E-state index in [2.05, 4.69) is 19.1 Å². The van der Waals surface area contributed by atoms with E-state index in [9.17, 15) is 10.0 Å². The van der Waals surface area contributed by atoms with Gasteiger partial charge < -0.3 is 9.94 Å². The average molecular weight is 347 g/mol. The van der Waals surface area contributed by atoms with Crippen molar-refractivity contribution in [3.05, 3.63) is 83.2 Å². The molecule has 2 aromatic carbocycles. The van der Waals surface area contributed by atoms with Crippen molar-refractivity contribution >= 4 is 5.97 Å². The highest BCUT2D eigenvalue weighted by molar-refractivity contribution is 5.88. The lowest BCUT2D eigenvalue weighted by Gasteiger charge is -2.13. The third-order valence-electron chi connectivity index (χ3n) is 4.29. The molecule has 0 saturated carbocycles. The Bertz CT molecular complexity index is 903. The Balaban J connectivity index is 2.20. The largest absolute Gasteiger partial charge is 0.618 e. The summed E-state index contributed by atoms with van der Waals surface area (Å²) in [5.41, 5.74) is 4.12. The monoisotopic (exact) mass is 347 g/mol. The van der Waals surface area contributed by atoms with Crippen molar-refractivity contribution in [3.8, 4) is 22.4 Å². The lowest BCUT2D eigenvalue weighted by molar-refractivity contribution is -0.596. The van der Waals surface area contributed by atoms with E-state index in [-0.39, 0.29) is 12.3 Å². The molecule has 0 fully saturated rings. The summed E-state index contributed by atoms with van der Waals surface area (Å²) in [7, 11) is 0. The van der Waals surface area contributed by atoms with Crippen LogP contribution in [0.25, 0.3) is 22.4 Å². The molecule has 0 aliphatic rings. The smallest absolute Gasteiger partial charge is 0.405 e. The Labute approximate surface area is 153 Å². The second-order valence-electron chi connectivity index (χ2n) is 5.91. The van der Waals surface area contributed by atoms with E-state index in [0.717, 1.165) is 23.1 Å². The second-order valence-corrected chi connectivity index (χ2v) is 5.91. The Hall–Kier alpha value is -3.14. The van der Waals surface area contributed by atoms with Gasteiger partial charge in [0.25, 0.3) is 0 Å². The van der Waals surface area contributed by atoms with Crippen molar-refractivity contribution in [2.45, 2.75) is 20.3 Å². The molecule has 1 aromatic heterocycles. The lowest BCUT2D eigenvalue weighted by atomic mass is 9.97. The van der Waals surface area contributed by atoms with Crippen LogP contribution in [0.4, 0.5) is 0 Å². The van der Waals surface area contributed by atoms with Gasteiger partial charge in [0.15, 0.2) is 0 Å². The lowest BCUT2D eigenvalue weighted by Crippen LogP contribution is -2.38. The molecule has 0 saturated heterocycles. The van der Waals surface area contributed by atoms with Crippen LogP contribution in [0.3, 0.4) is 0 Å². The zero-order valence-corrected chi connectivity index (χ0v) is 14.9. The topological polar surface area (TPSA) is 53.2 Å². The van der Waals surface area contributed by atoms with Crippen molar-refractivity contribution in [1.29, 1.82) is 0 Å². The van der Waals surface area contributed by atoms with E-state index < -0.39 is 5.97 Å². The predicted octanol–water partition coefficient (Wildman–Crippen LogP) is 4.39. The van der Waals surface area contributed by atoms with Crippen LogP contribution in [0.2, 0.25) is 0 Å². The molecule has 0 aliphatic carbocycles. The Morgan fingerprint density at radius 2 is 1.62 bits per heavy atom. The highest BCUT2D eigenvalue weighted by Crippen LogP contribution is 2.30. The fourth-order valence-corrected chi connectivity index (χ4v) is 2.92. The van der Waals surface area contributed by atoms with E-state index in [1.54, 1.807) is 6.92 Å². The van der Waals surface area contributed by atoms with Crippen molar-refractivity contribution < 1.29 is 14.3 Å². The molecule has 0 aliphatic heterocycles. The molecule has 0 atom stereocenters. The fraction of sp³-hybridized carbons (Fsp3) is 0.182. The molecule has 0 N–H and O–H groups in total. The maximum Gasteiger partial charge on any atom is 0.405 e.